The van der Waals surface area contributed by atoms with Crippen LogP contribution in [0, 0.1) is 6.92 Å². The number of thiazole rings is 1. The molecule has 0 atom stereocenters. The Labute approximate surface area is 134 Å². The molecule has 2 heterocycles. The number of hydrogen-bond donors (Lipinski definition) is 1. The van der Waals surface area contributed by atoms with Crippen LogP contribution in [0.3, 0.4) is 0 Å². The number of hydrogen-bond acceptors (Lipinski definition) is 5. The fourth-order valence-corrected chi connectivity index (χ4v) is 3.15. The fourth-order valence-electron chi connectivity index (χ4n) is 2.48. The van der Waals surface area contributed by atoms with E-state index in [0.29, 0.717) is 4.88 Å². The molecule has 0 saturated carbocycles. The predicted molar refractivity (Wildman–Crippen MR) is 91.0 cm³/mol. The molecule has 2 aromatic rings. The lowest BCUT2D eigenvalue weighted by Gasteiger charge is -2.34. The zero-order valence-electron chi connectivity index (χ0n) is 12.9. The van der Waals surface area contributed by atoms with Gasteiger partial charge in [-0.1, -0.05) is 0 Å². The quantitative estimate of drug-likeness (QED) is 0.945. The summed E-state index contributed by atoms with van der Waals surface area (Å²) in [4.78, 5) is 21.5. The minimum Gasteiger partial charge on any atom is -0.369 e. The number of anilines is 2. The van der Waals surface area contributed by atoms with Gasteiger partial charge in [0, 0.05) is 37.6 Å². The molecule has 3 rings (SSSR count). The molecule has 0 aliphatic carbocycles. The third kappa shape index (κ3) is 3.45. The molecule has 0 spiro atoms. The summed E-state index contributed by atoms with van der Waals surface area (Å²) < 4.78 is 0. The molecule has 1 amide bonds. The first-order valence-electron chi connectivity index (χ1n) is 7.39. The average Bonchev–Trinajstić information content (AvgIpc) is 2.96. The molecule has 1 aliphatic heterocycles. The number of rotatable bonds is 3. The van der Waals surface area contributed by atoms with E-state index in [1.165, 1.54) is 17.0 Å². The van der Waals surface area contributed by atoms with Crippen molar-refractivity contribution in [2.45, 2.75) is 6.92 Å². The molecule has 6 heteroatoms. The lowest BCUT2D eigenvalue weighted by Crippen LogP contribution is -2.44. The number of aryl methyl sites for hydroxylation is 1. The van der Waals surface area contributed by atoms with Crippen LogP contribution in [-0.4, -0.2) is 49.0 Å². The molecule has 116 valence electrons. The van der Waals surface area contributed by atoms with Crippen molar-refractivity contribution in [2.24, 2.45) is 0 Å². The molecule has 1 aromatic carbocycles. The molecule has 5 nitrogen and oxygen atoms in total. The van der Waals surface area contributed by atoms with Gasteiger partial charge in [0.05, 0.1) is 11.2 Å². The minimum atomic E-state index is -0.0991. The van der Waals surface area contributed by atoms with Crippen molar-refractivity contribution < 1.29 is 4.79 Å². The first-order chi connectivity index (χ1) is 10.6. The molecule has 1 saturated heterocycles. The second-order valence-electron chi connectivity index (χ2n) is 5.53. The van der Waals surface area contributed by atoms with Crippen molar-refractivity contribution in [3.8, 4) is 0 Å². The number of carbonyl (C=O) groups excluding carboxylic acids is 1. The molecule has 0 unspecified atom stereocenters. The SMILES string of the molecule is Cc1ncc(C(=O)Nc2ccc(N3CCN(C)CC3)cc2)s1. The maximum absolute atomic E-state index is 12.1. The topological polar surface area (TPSA) is 48.5 Å². The van der Waals surface area contributed by atoms with Gasteiger partial charge < -0.3 is 15.1 Å². The molecule has 1 aliphatic rings. The summed E-state index contributed by atoms with van der Waals surface area (Å²) in [5, 5.41) is 3.81. The molecule has 0 radical (unpaired) electrons. The first-order valence-corrected chi connectivity index (χ1v) is 8.21. The van der Waals surface area contributed by atoms with Gasteiger partial charge >= 0.3 is 0 Å². The maximum Gasteiger partial charge on any atom is 0.267 e. The van der Waals surface area contributed by atoms with Crippen LogP contribution in [0.1, 0.15) is 14.7 Å². The van der Waals surface area contributed by atoms with Gasteiger partial charge in [-0.3, -0.25) is 4.79 Å². The largest absolute Gasteiger partial charge is 0.369 e. The number of likely N-dealkylation sites (N-methyl/N-ethyl adjacent to an activating group) is 1. The molecule has 0 bridgehead atoms. The monoisotopic (exact) mass is 316 g/mol. The van der Waals surface area contributed by atoms with Gasteiger partial charge in [-0.2, -0.15) is 0 Å². The summed E-state index contributed by atoms with van der Waals surface area (Å²) in [6.07, 6.45) is 1.62. The summed E-state index contributed by atoms with van der Waals surface area (Å²) in [5.41, 5.74) is 2.02. The molecular formula is C16H20N4OS. The third-order valence-electron chi connectivity index (χ3n) is 3.84. The van der Waals surface area contributed by atoms with Gasteiger partial charge in [0.2, 0.25) is 0 Å². The minimum absolute atomic E-state index is 0.0991. The van der Waals surface area contributed by atoms with Crippen LogP contribution in [0.5, 0.6) is 0 Å². The number of piperazine rings is 1. The van der Waals surface area contributed by atoms with Gasteiger partial charge in [0.1, 0.15) is 4.88 Å². The highest BCUT2D eigenvalue weighted by Gasteiger charge is 2.14. The summed E-state index contributed by atoms with van der Waals surface area (Å²) >= 11 is 1.41. The van der Waals surface area contributed by atoms with Crippen molar-refractivity contribution in [2.75, 3.05) is 43.4 Å². The summed E-state index contributed by atoms with van der Waals surface area (Å²) in [5.74, 6) is -0.0991. The Hall–Kier alpha value is -1.92. The van der Waals surface area contributed by atoms with Gasteiger partial charge in [0.25, 0.3) is 5.91 Å². The van der Waals surface area contributed by atoms with Crippen molar-refractivity contribution in [1.82, 2.24) is 9.88 Å². The van der Waals surface area contributed by atoms with Crippen molar-refractivity contribution in [1.29, 1.82) is 0 Å². The van der Waals surface area contributed by atoms with Gasteiger partial charge in [-0.15, -0.1) is 11.3 Å². The van der Waals surface area contributed by atoms with Crippen LogP contribution in [0.4, 0.5) is 11.4 Å². The number of benzene rings is 1. The fraction of sp³-hybridized carbons (Fsp3) is 0.375. The smallest absolute Gasteiger partial charge is 0.267 e. The van der Waals surface area contributed by atoms with E-state index >= 15 is 0 Å². The molecular weight excluding hydrogens is 296 g/mol. The normalized spacial score (nSPS) is 15.8. The molecule has 1 aromatic heterocycles. The highest BCUT2D eigenvalue weighted by molar-refractivity contribution is 7.13. The highest BCUT2D eigenvalue weighted by atomic mass is 32.1. The lowest BCUT2D eigenvalue weighted by atomic mass is 10.2. The van der Waals surface area contributed by atoms with Crippen LogP contribution < -0.4 is 10.2 Å². The average molecular weight is 316 g/mol. The molecule has 1 fully saturated rings. The number of nitrogens with one attached hydrogen (secondary N) is 1. The second kappa shape index (κ2) is 6.46. The van der Waals surface area contributed by atoms with E-state index in [4.69, 9.17) is 0 Å². The lowest BCUT2D eigenvalue weighted by molar-refractivity contribution is 0.103. The van der Waals surface area contributed by atoms with E-state index in [2.05, 4.69) is 39.3 Å². The summed E-state index contributed by atoms with van der Waals surface area (Å²) in [7, 11) is 2.15. The zero-order chi connectivity index (χ0) is 15.5. The highest BCUT2D eigenvalue weighted by Crippen LogP contribution is 2.20. The Bertz CT molecular complexity index is 644. The Morgan fingerprint density at radius 2 is 1.86 bits per heavy atom. The number of nitrogens with zero attached hydrogens (tertiary/aromatic N) is 3. The Morgan fingerprint density at radius 1 is 1.18 bits per heavy atom. The van der Waals surface area contributed by atoms with Gasteiger partial charge in [0.15, 0.2) is 0 Å². The van der Waals surface area contributed by atoms with E-state index in [9.17, 15) is 4.79 Å². The number of amides is 1. The third-order valence-corrected chi connectivity index (χ3v) is 4.75. The second-order valence-corrected chi connectivity index (χ2v) is 6.77. The predicted octanol–water partition coefficient (Wildman–Crippen LogP) is 2.46. The van der Waals surface area contributed by atoms with E-state index < -0.39 is 0 Å². The van der Waals surface area contributed by atoms with Crippen LogP contribution in [-0.2, 0) is 0 Å². The van der Waals surface area contributed by atoms with Crippen LogP contribution in [0.2, 0.25) is 0 Å². The van der Waals surface area contributed by atoms with E-state index in [1.54, 1.807) is 6.20 Å². The Balaban J connectivity index is 1.63. The van der Waals surface area contributed by atoms with E-state index in [1.807, 2.05) is 19.1 Å². The molecule has 22 heavy (non-hydrogen) atoms. The van der Waals surface area contributed by atoms with E-state index in [0.717, 1.165) is 36.9 Å². The van der Waals surface area contributed by atoms with Crippen molar-refractivity contribution in [3.05, 3.63) is 40.3 Å². The number of carbonyl (C=O) groups is 1. The standard InChI is InChI=1S/C16H20N4OS/c1-12-17-11-15(22-12)16(21)18-13-3-5-14(6-4-13)20-9-7-19(2)8-10-20/h3-6,11H,7-10H2,1-2H3,(H,18,21). The van der Waals surface area contributed by atoms with Crippen LogP contribution in [0.15, 0.2) is 30.5 Å². The Morgan fingerprint density at radius 3 is 2.45 bits per heavy atom. The van der Waals surface area contributed by atoms with Gasteiger partial charge in [-0.05, 0) is 38.2 Å². The van der Waals surface area contributed by atoms with Crippen molar-refractivity contribution in [3.63, 3.8) is 0 Å². The Kier molecular flexibility index (Phi) is 4.40. The zero-order valence-corrected chi connectivity index (χ0v) is 13.7. The summed E-state index contributed by atoms with van der Waals surface area (Å²) in [6.45, 7) is 6.16. The number of aromatic nitrogens is 1. The van der Waals surface area contributed by atoms with Gasteiger partial charge in [-0.25, -0.2) is 4.98 Å². The summed E-state index contributed by atoms with van der Waals surface area (Å²) in [6, 6.07) is 8.05. The van der Waals surface area contributed by atoms with Crippen molar-refractivity contribution >= 4 is 28.6 Å². The van der Waals surface area contributed by atoms with Crippen LogP contribution in [0.25, 0.3) is 0 Å². The maximum atomic E-state index is 12.1. The first kappa shape index (κ1) is 15.0. The molecule has 1 N–H and O–H groups in total. The van der Waals surface area contributed by atoms with Crippen LogP contribution >= 0.6 is 11.3 Å². The van der Waals surface area contributed by atoms with E-state index in [-0.39, 0.29) is 5.91 Å².